The second-order valence-electron chi connectivity index (χ2n) is 3.29. The molecule has 0 spiro atoms. The first-order valence-corrected chi connectivity index (χ1v) is 6.41. The lowest BCUT2D eigenvalue weighted by molar-refractivity contribution is 0.601. The molecule has 2 rings (SSSR count). The third kappa shape index (κ3) is 2.39. The predicted octanol–water partition coefficient (Wildman–Crippen LogP) is 1.25. The number of aromatic nitrogens is 2. The van der Waals surface area contributed by atoms with Crippen molar-refractivity contribution in [1.29, 1.82) is 0 Å². The van der Waals surface area contributed by atoms with E-state index in [1.165, 1.54) is 12.3 Å². The molecule has 90 valence electrons. The standard InChI is InChI=1S/C10H12N4O2S/c1-11-8-4-2-3-5-9(8)17(15,16)14-10-12-6-7-13-10/h2-7,11H,1H3,(H2,12,13,14). The molecule has 0 radical (unpaired) electrons. The predicted molar refractivity (Wildman–Crippen MR) is 65.4 cm³/mol. The monoisotopic (exact) mass is 252 g/mol. The van der Waals surface area contributed by atoms with E-state index in [0.717, 1.165) is 0 Å². The minimum absolute atomic E-state index is 0.180. The van der Waals surface area contributed by atoms with Gasteiger partial charge >= 0.3 is 0 Å². The van der Waals surface area contributed by atoms with Crippen LogP contribution in [0.5, 0.6) is 0 Å². The number of rotatable bonds is 4. The Morgan fingerprint density at radius 2 is 2.06 bits per heavy atom. The summed E-state index contributed by atoms with van der Waals surface area (Å²) < 4.78 is 26.5. The first kappa shape index (κ1) is 11.5. The van der Waals surface area contributed by atoms with Crippen LogP contribution in [0, 0.1) is 0 Å². The summed E-state index contributed by atoms with van der Waals surface area (Å²) in [5.74, 6) is 0.191. The van der Waals surface area contributed by atoms with Crippen molar-refractivity contribution in [2.45, 2.75) is 4.90 Å². The smallest absolute Gasteiger partial charge is 0.266 e. The van der Waals surface area contributed by atoms with Gasteiger partial charge in [0.25, 0.3) is 10.0 Å². The Balaban J connectivity index is 2.38. The lowest BCUT2D eigenvalue weighted by atomic mass is 10.3. The molecule has 0 aliphatic carbocycles. The highest BCUT2D eigenvalue weighted by Crippen LogP contribution is 2.21. The Kier molecular flexibility index (Phi) is 3.01. The second kappa shape index (κ2) is 4.46. The number of aromatic amines is 1. The van der Waals surface area contributed by atoms with Gasteiger partial charge in [-0.2, -0.15) is 0 Å². The third-order valence-corrected chi connectivity index (χ3v) is 3.57. The Bertz CT molecular complexity index is 593. The fraction of sp³-hybridized carbons (Fsp3) is 0.100. The summed E-state index contributed by atoms with van der Waals surface area (Å²) in [6.07, 6.45) is 3.02. The van der Waals surface area contributed by atoms with Crippen molar-refractivity contribution in [3.8, 4) is 0 Å². The van der Waals surface area contributed by atoms with Crippen molar-refractivity contribution in [2.75, 3.05) is 17.1 Å². The second-order valence-corrected chi connectivity index (χ2v) is 4.94. The van der Waals surface area contributed by atoms with Crippen LogP contribution in [0.1, 0.15) is 0 Å². The summed E-state index contributed by atoms with van der Waals surface area (Å²) in [5.41, 5.74) is 0.534. The topological polar surface area (TPSA) is 86.9 Å². The van der Waals surface area contributed by atoms with E-state index in [1.54, 1.807) is 31.4 Å². The molecule has 0 amide bonds. The van der Waals surface area contributed by atoms with Crippen LogP contribution in [0.25, 0.3) is 0 Å². The largest absolute Gasteiger partial charge is 0.387 e. The van der Waals surface area contributed by atoms with Gasteiger partial charge in [-0.05, 0) is 12.1 Å². The number of benzene rings is 1. The summed E-state index contributed by atoms with van der Waals surface area (Å²) in [6.45, 7) is 0. The molecule has 1 aromatic heterocycles. The van der Waals surface area contributed by atoms with Crippen LogP contribution in [-0.4, -0.2) is 25.4 Å². The molecule has 0 unspecified atom stereocenters. The molecule has 1 heterocycles. The van der Waals surface area contributed by atoms with Crippen LogP contribution in [0.2, 0.25) is 0 Å². The maximum atomic E-state index is 12.1. The van der Waals surface area contributed by atoms with E-state index < -0.39 is 10.0 Å². The van der Waals surface area contributed by atoms with Crippen molar-refractivity contribution >= 4 is 21.7 Å². The fourth-order valence-electron chi connectivity index (χ4n) is 1.41. The molecular weight excluding hydrogens is 240 g/mol. The minimum Gasteiger partial charge on any atom is -0.387 e. The third-order valence-electron chi connectivity index (χ3n) is 2.18. The highest BCUT2D eigenvalue weighted by atomic mass is 32.2. The molecule has 0 aliphatic heterocycles. The number of nitrogens with one attached hydrogen (secondary N) is 3. The van der Waals surface area contributed by atoms with Crippen molar-refractivity contribution in [1.82, 2.24) is 9.97 Å². The van der Waals surface area contributed by atoms with Crippen LogP contribution >= 0.6 is 0 Å². The average Bonchev–Trinajstić information content (AvgIpc) is 2.81. The maximum absolute atomic E-state index is 12.1. The van der Waals surface area contributed by atoms with Gasteiger partial charge < -0.3 is 10.3 Å². The van der Waals surface area contributed by atoms with Crippen molar-refractivity contribution in [2.24, 2.45) is 0 Å². The quantitative estimate of drug-likeness (QED) is 0.764. The van der Waals surface area contributed by atoms with E-state index in [4.69, 9.17) is 0 Å². The van der Waals surface area contributed by atoms with Gasteiger partial charge in [0.05, 0.1) is 5.69 Å². The van der Waals surface area contributed by atoms with Crippen LogP contribution in [0.3, 0.4) is 0 Å². The molecule has 17 heavy (non-hydrogen) atoms. The summed E-state index contributed by atoms with van der Waals surface area (Å²) in [6, 6.07) is 6.64. The van der Waals surface area contributed by atoms with Crippen LogP contribution in [-0.2, 0) is 10.0 Å². The van der Waals surface area contributed by atoms with E-state index in [2.05, 4.69) is 20.0 Å². The van der Waals surface area contributed by atoms with E-state index in [0.29, 0.717) is 5.69 Å². The van der Waals surface area contributed by atoms with Gasteiger partial charge in [0.1, 0.15) is 4.90 Å². The molecule has 1 aromatic carbocycles. The van der Waals surface area contributed by atoms with E-state index in [1.807, 2.05) is 0 Å². The molecule has 0 bridgehead atoms. The van der Waals surface area contributed by atoms with Crippen molar-refractivity contribution in [3.63, 3.8) is 0 Å². The van der Waals surface area contributed by atoms with Gasteiger partial charge in [0.2, 0.25) is 5.95 Å². The van der Waals surface area contributed by atoms with Crippen molar-refractivity contribution in [3.05, 3.63) is 36.7 Å². The maximum Gasteiger partial charge on any atom is 0.266 e. The molecule has 0 aliphatic rings. The lowest BCUT2D eigenvalue weighted by Crippen LogP contribution is -2.15. The molecular formula is C10H12N4O2S. The first-order valence-electron chi connectivity index (χ1n) is 4.92. The van der Waals surface area contributed by atoms with Gasteiger partial charge in [-0.25, -0.2) is 18.1 Å². The summed E-state index contributed by atoms with van der Waals surface area (Å²) >= 11 is 0. The van der Waals surface area contributed by atoms with Crippen LogP contribution < -0.4 is 10.0 Å². The molecule has 2 aromatic rings. The number of nitrogens with zero attached hydrogens (tertiary/aromatic N) is 1. The Hall–Kier alpha value is -2.02. The molecule has 7 heteroatoms. The fourth-order valence-corrected chi connectivity index (χ4v) is 2.60. The lowest BCUT2D eigenvalue weighted by Gasteiger charge is -2.09. The van der Waals surface area contributed by atoms with E-state index in [9.17, 15) is 8.42 Å². The normalized spacial score (nSPS) is 11.1. The summed E-state index contributed by atoms with van der Waals surface area (Å²) in [4.78, 5) is 6.67. The Labute approximate surface area is 99.1 Å². The number of para-hydroxylation sites is 1. The molecule has 0 saturated carbocycles. The Morgan fingerprint density at radius 3 is 2.71 bits per heavy atom. The molecule has 0 atom stereocenters. The minimum atomic E-state index is -3.63. The number of hydrogen-bond donors (Lipinski definition) is 3. The van der Waals surface area contributed by atoms with E-state index in [-0.39, 0.29) is 10.8 Å². The molecule has 0 saturated heterocycles. The van der Waals surface area contributed by atoms with E-state index >= 15 is 0 Å². The molecule has 3 N–H and O–H groups in total. The molecule has 6 nitrogen and oxygen atoms in total. The van der Waals surface area contributed by atoms with Crippen molar-refractivity contribution < 1.29 is 8.42 Å². The number of anilines is 2. The van der Waals surface area contributed by atoms with Gasteiger partial charge in [-0.3, -0.25) is 0 Å². The number of imidazole rings is 1. The van der Waals surface area contributed by atoms with Gasteiger partial charge in [0, 0.05) is 19.4 Å². The first-order chi connectivity index (χ1) is 8.13. The van der Waals surface area contributed by atoms with Crippen LogP contribution in [0.4, 0.5) is 11.6 Å². The van der Waals surface area contributed by atoms with Gasteiger partial charge in [-0.15, -0.1) is 0 Å². The van der Waals surface area contributed by atoms with Gasteiger partial charge in [-0.1, -0.05) is 12.1 Å². The molecule has 0 fully saturated rings. The highest BCUT2D eigenvalue weighted by molar-refractivity contribution is 7.92. The number of hydrogen-bond acceptors (Lipinski definition) is 4. The van der Waals surface area contributed by atoms with Crippen LogP contribution in [0.15, 0.2) is 41.6 Å². The zero-order chi connectivity index (χ0) is 12.3. The summed E-state index contributed by atoms with van der Waals surface area (Å²) in [5, 5.41) is 2.83. The highest BCUT2D eigenvalue weighted by Gasteiger charge is 2.18. The Morgan fingerprint density at radius 1 is 1.29 bits per heavy atom. The SMILES string of the molecule is CNc1ccccc1S(=O)(=O)Nc1ncc[nH]1. The zero-order valence-electron chi connectivity index (χ0n) is 9.14. The summed E-state index contributed by atoms with van der Waals surface area (Å²) in [7, 11) is -1.96. The number of sulfonamides is 1. The average molecular weight is 252 g/mol. The number of H-pyrrole nitrogens is 1. The van der Waals surface area contributed by atoms with Gasteiger partial charge in [0.15, 0.2) is 0 Å². The zero-order valence-corrected chi connectivity index (χ0v) is 9.95.